The van der Waals surface area contributed by atoms with E-state index in [1.54, 1.807) is 6.92 Å². The van der Waals surface area contributed by atoms with E-state index in [1.807, 2.05) is 0 Å². The van der Waals surface area contributed by atoms with Gasteiger partial charge in [-0.2, -0.15) is 0 Å². The van der Waals surface area contributed by atoms with E-state index in [2.05, 4.69) is 65.3 Å². The molecule has 246 valence electrons. The monoisotopic (exact) mass is 608 g/mol. The minimum absolute atomic E-state index is 0.0146. The number of piperazine rings is 1. The van der Waals surface area contributed by atoms with Crippen LogP contribution < -0.4 is 0 Å². The van der Waals surface area contributed by atoms with Crippen molar-refractivity contribution < 1.29 is 19.1 Å². The Morgan fingerprint density at radius 2 is 1.55 bits per heavy atom. The van der Waals surface area contributed by atoms with Gasteiger partial charge in [0.15, 0.2) is 11.6 Å². The van der Waals surface area contributed by atoms with Crippen LogP contribution in [0.2, 0.25) is 0 Å². The van der Waals surface area contributed by atoms with Gasteiger partial charge in [-0.25, -0.2) is 0 Å². The van der Waals surface area contributed by atoms with E-state index in [9.17, 15) is 14.4 Å². The zero-order valence-corrected chi connectivity index (χ0v) is 29.3. The molecule has 0 radical (unpaired) electrons. The molecule has 1 aliphatic heterocycles. The largest absolute Gasteiger partial charge is 0.462 e. The number of carbonyl (C=O) groups is 3. The van der Waals surface area contributed by atoms with Crippen molar-refractivity contribution in [2.24, 2.45) is 50.7 Å². The minimum atomic E-state index is -0.599. The Labute approximate surface area is 267 Å². The molecule has 0 N–H and O–H groups in total. The van der Waals surface area contributed by atoms with Crippen LogP contribution in [0, 0.1) is 50.7 Å². The molecule has 0 aromatic rings. The predicted octanol–water partition coefficient (Wildman–Crippen LogP) is 6.72. The van der Waals surface area contributed by atoms with Gasteiger partial charge in [0.2, 0.25) is 0 Å². The number of esters is 1. The Kier molecular flexibility index (Phi) is 7.92. The molecule has 6 nitrogen and oxygen atoms in total. The van der Waals surface area contributed by atoms with Crippen molar-refractivity contribution in [3.05, 3.63) is 11.1 Å². The van der Waals surface area contributed by atoms with Crippen molar-refractivity contribution in [1.82, 2.24) is 9.80 Å². The summed E-state index contributed by atoms with van der Waals surface area (Å²) in [7, 11) is 2.16. The van der Waals surface area contributed by atoms with Crippen LogP contribution >= 0.6 is 0 Å². The van der Waals surface area contributed by atoms with Crippen molar-refractivity contribution in [2.75, 3.05) is 39.8 Å². The van der Waals surface area contributed by atoms with Crippen molar-refractivity contribution in [3.63, 3.8) is 0 Å². The van der Waals surface area contributed by atoms with Crippen LogP contribution in [0.4, 0.5) is 0 Å². The van der Waals surface area contributed by atoms with E-state index >= 15 is 0 Å². The maximum absolute atomic E-state index is 14.5. The molecule has 1 heterocycles. The lowest BCUT2D eigenvalue weighted by molar-refractivity contribution is -0.232. The lowest BCUT2D eigenvalue weighted by atomic mass is 9.33. The normalized spacial score (nSPS) is 44.1. The van der Waals surface area contributed by atoms with Gasteiger partial charge in [-0.15, -0.1) is 0 Å². The van der Waals surface area contributed by atoms with Crippen molar-refractivity contribution in [2.45, 2.75) is 119 Å². The minimum Gasteiger partial charge on any atom is -0.462 e. The van der Waals surface area contributed by atoms with Crippen LogP contribution in [-0.2, 0) is 19.1 Å². The number of hydrogen-bond acceptors (Lipinski definition) is 6. The van der Waals surface area contributed by atoms with Crippen LogP contribution in [0.15, 0.2) is 11.1 Å². The first-order valence-electron chi connectivity index (χ1n) is 17.9. The van der Waals surface area contributed by atoms with Gasteiger partial charge in [-0.1, -0.05) is 48.5 Å². The van der Waals surface area contributed by atoms with Gasteiger partial charge in [0.05, 0.1) is 12.0 Å². The van der Waals surface area contributed by atoms with E-state index < -0.39 is 5.41 Å². The highest BCUT2D eigenvalue weighted by Crippen LogP contribution is 2.76. The highest BCUT2D eigenvalue weighted by Gasteiger charge is 2.71. The maximum atomic E-state index is 14.5. The molecule has 5 fully saturated rings. The summed E-state index contributed by atoms with van der Waals surface area (Å²) >= 11 is 0. The molecule has 0 amide bonds. The highest BCUT2D eigenvalue weighted by molar-refractivity contribution is 6.07. The molecule has 1 saturated heterocycles. The summed E-state index contributed by atoms with van der Waals surface area (Å²) in [5, 5.41) is 0. The molecule has 6 rings (SSSR count). The van der Waals surface area contributed by atoms with Gasteiger partial charge in [0.1, 0.15) is 6.10 Å². The number of allylic oxidation sites excluding steroid dienone is 2. The Balaban J connectivity index is 1.35. The van der Waals surface area contributed by atoms with Gasteiger partial charge >= 0.3 is 5.97 Å². The summed E-state index contributed by atoms with van der Waals surface area (Å²) in [5.74, 6) is 1.95. The van der Waals surface area contributed by atoms with Gasteiger partial charge in [-0.05, 0) is 109 Å². The van der Waals surface area contributed by atoms with E-state index in [-0.39, 0.29) is 45.4 Å². The maximum Gasteiger partial charge on any atom is 0.302 e. The summed E-state index contributed by atoms with van der Waals surface area (Å²) < 4.78 is 5.94. The summed E-state index contributed by atoms with van der Waals surface area (Å²) in [4.78, 5) is 45.2. The average Bonchev–Trinajstić information content (AvgIpc) is 3.25. The molecule has 6 heteroatoms. The second-order valence-corrected chi connectivity index (χ2v) is 17.7. The van der Waals surface area contributed by atoms with Crippen LogP contribution in [-0.4, -0.2) is 73.2 Å². The molecule has 1 unspecified atom stereocenters. The quantitative estimate of drug-likeness (QED) is 0.323. The summed E-state index contributed by atoms with van der Waals surface area (Å²) in [5.41, 5.74) is 2.03. The lowest BCUT2D eigenvalue weighted by Crippen LogP contribution is -2.66. The lowest BCUT2D eigenvalue weighted by Gasteiger charge is -2.72. The number of hydrogen-bond donors (Lipinski definition) is 0. The van der Waals surface area contributed by atoms with E-state index in [1.165, 1.54) is 12.0 Å². The van der Waals surface area contributed by atoms with E-state index in [4.69, 9.17) is 4.74 Å². The van der Waals surface area contributed by atoms with Crippen LogP contribution in [0.1, 0.15) is 113 Å². The second-order valence-electron chi connectivity index (χ2n) is 17.7. The van der Waals surface area contributed by atoms with Crippen molar-refractivity contribution in [3.8, 4) is 0 Å². The molecular formula is C38H60N2O4. The zero-order chi connectivity index (χ0) is 32.0. The molecule has 6 aliphatic rings. The second kappa shape index (κ2) is 10.8. The fourth-order valence-corrected chi connectivity index (χ4v) is 12.7. The standard InChI is InChI=1S/C38H60N2O4/c1-24(2)32-27(42)22-38(30(43)23-40-20-18-39(9)19-21-40)17-16-36(7)26(33(32)38)10-11-29-35(6)14-13-31(44-25(3)41)34(4,5)28(35)12-15-37(29,36)8/h24,26,28-29,31H,10-23H2,1-9H3/t26-,28+,29-,31+,35?,36-,37-,38+/m1/s1. The first-order chi connectivity index (χ1) is 20.5. The Morgan fingerprint density at radius 1 is 0.864 bits per heavy atom. The first-order valence-corrected chi connectivity index (χ1v) is 17.9. The Hall–Kier alpha value is -1.53. The molecular weight excluding hydrogens is 548 g/mol. The smallest absolute Gasteiger partial charge is 0.302 e. The summed E-state index contributed by atoms with van der Waals surface area (Å²) in [6, 6.07) is 0. The molecule has 44 heavy (non-hydrogen) atoms. The molecule has 0 aromatic heterocycles. The van der Waals surface area contributed by atoms with Crippen molar-refractivity contribution >= 4 is 17.5 Å². The topological polar surface area (TPSA) is 66.9 Å². The van der Waals surface area contributed by atoms with Gasteiger partial charge in [-0.3, -0.25) is 19.3 Å². The van der Waals surface area contributed by atoms with Crippen LogP contribution in [0.5, 0.6) is 0 Å². The van der Waals surface area contributed by atoms with E-state index in [0.29, 0.717) is 36.5 Å². The molecule has 0 bridgehead atoms. The predicted molar refractivity (Wildman–Crippen MR) is 174 cm³/mol. The van der Waals surface area contributed by atoms with Crippen molar-refractivity contribution in [1.29, 1.82) is 0 Å². The highest BCUT2D eigenvalue weighted by atomic mass is 16.5. The fourth-order valence-electron chi connectivity index (χ4n) is 12.7. The third kappa shape index (κ3) is 4.49. The first kappa shape index (κ1) is 32.4. The molecule has 8 atom stereocenters. The SMILES string of the molecule is CC(=O)O[C@H]1CCC2(C)[C@H]3CC[C@@H]4C5=C(C(C)C)C(=O)C[C@]5(C(=O)CN5CCN(C)CC5)CC[C@@]4(C)[C@]3(C)CC[C@H]2C1(C)C. The van der Waals surface area contributed by atoms with Gasteiger partial charge < -0.3 is 9.64 Å². The number of ether oxygens (including phenoxy) is 1. The molecule has 5 aliphatic carbocycles. The summed E-state index contributed by atoms with van der Waals surface area (Å²) in [6.45, 7) is 22.7. The number of Topliss-reactive ketones (excluding diaryl/α,β-unsaturated/α-hetero) is 2. The molecule has 4 saturated carbocycles. The number of ketones is 2. The van der Waals surface area contributed by atoms with Crippen LogP contribution in [0.25, 0.3) is 0 Å². The number of nitrogens with zero attached hydrogens (tertiary/aromatic N) is 2. The molecule has 0 aromatic carbocycles. The van der Waals surface area contributed by atoms with Gasteiger partial charge in [0.25, 0.3) is 0 Å². The average molecular weight is 609 g/mol. The zero-order valence-electron chi connectivity index (χ0n) is 29.3. The number of fused-ring (bicyclic) bond motifs is 7. The Bertz CT molecular complexity index is 1250. The van der Waals surface area contributed by atoms with Gasteiger partial charge in [0, 0.05) is 44.9 Å². The molecule has 0 spiro atoms. The third-order valence-electron chi connectivity index (χ3n) is 15.2. The van der Waals surface area contributed by atoms with E-state index in [0.717, 1.165) is 76.7 Å². The number of carbonyl (C=O) groups excluding carboxylic acids is 3. The van der Waals surface area contributed by atoms with Crippen LogP contribution in [0.3, 0.4) is 0 Å². The fraction of sp³-hybridized carbons (Fsp3) is 0.868. The third-order valence-corrected chi connectivity index (χ3v) is 15.2. The number of rotatable bonds is 5. The number of likely N-dealkylation sites (N-methyl/N-ethyl adjacent to an activating group) is 1. The summed E-state index contributed by atoms with van der Waals surface area (Å²) in [6.07, 6.45) is 8.84. The Morgan fingerprint density at radius 3 is 2.18 bits per heavy atom.